The zero-order chi connectivity index (χ0) is 11.7. The van der Waals surface area contributed by atoms with Crippen LogP contribution in [0.25, 0.3) is 5.57 Å². The summed E-state index contributed by atoms with van der Waals surface area (Å²) in [7, 11) is 0. The molecule has 1 aliphatic carbocycles. The first kappa shape index (κ1) is 10.4. The molecule has 0 amide bonds. The van der Waals surface area contributed by atoms with Crippen LogP contribution in [-0.2, 0) is 6.54 Å². The van der Waals surface area contributed by atoms with Crippen LogP contribution < -0.4 is 4.74 Å². The van der Waals surface area contributed by atoms with Gasteiger partial charge in [-0.1, -0.05) is 37.3 Å². The van der Waals surface area contributed by atoms with Crippen molar-refractivity contribution in [2.24, 2.45) is 5.92 Å². The van der Waals surface area contributed by atoms with Gasteiger partial charge in [0.2, 0.25) is 5.88 Å². The van der Waals surface area contributed by atoms with Crippen molar-refractivity contribution in [1.82, 2.24) is 9.78 Å². The number of allylic oxidation sites excluding steroid dienone is 6. The molecule has 0 spiro atoms. The van der Waals surface area contributed by atoms with Crippen molar-refractivity contribution in [2.75, 3.05) is 6.61 Å². The minimum atomic E-state index is 0.444. The Hall–Kier alpha value is -1.77. The maximum Gasteiger partial charge on any atom is 0.212 e. The Bertz CT molecular complexity index is 485. The summed E-state index contributed by atoms with van der Waals surface area (Å²) in [5.41, 5.74) is 2.18. The molecule has 0 saturated carbocycles. The van der Waals surface area contributed by atoms with Crippen molar-refractivity contribution >= 4 is 5.57 Å². The van der Waals surface area contributed by atoms with E-state index in [1.54, 1.807) is 0 Å². The van der Waals surface area contributed by atoms with Crippen LogP contribution in [0.1, 0.15) is 19.0 Å². The van der Waals surface area contributed by atoms with Crippen LogP contribution >= 0.6 is 0 Å². The lowest BCUT2D eigenvalue weighted by Crippen LogP contribution is -2.14. The van der Waals surface area contributed by atoms with Crippen molar-refractivity contribution in [2.45, 2.75) is 19.9 Å². The summed E-state index contributed by atoms with van der Waals surface area (Å²) in [6.07, 6.45) is 11.7. The second kappa shape index (κ2) is 4.24. The molecule has 1 atom stereocenters. The highest BCUT2D eigenvalue weighted by Crippen LogP contribution is 2.25. The van der Waals surface area contributed by atoms with Gasteiger partial charge in [-0.2, -0.15) is 5.10 Å². The van der Waals surface area contributed by atoms with Crippen LogP contribution in [0.15, 0.2) is 36.4 Å². The van der Waals surface area contributed by atoms with E-state index < -0.39 is 0 Å². The van der Waals surface area contributed by atoms with Gasteiger partial charge in [0.15, 0.2) is 0 Å². The summed E-state index contributed by atoms with van der Waals surface area (Å²) >= 11 is 0. The lowest BCUT2D eigenvalue weighted by molar-refractivity contribution is 0.230. The van der Waals surface area contributed by atoms with Gasteiger partial charge in [-0.15, -0.1) is 0 Å². The predicted molar refractivity (Wildman–Crippen MR) is 67.8 cm³/mol. The predicted octanol–water partition coefficient (Wildman–Crippen LogP) is 2.81. The fraction of sp³-hybridized carbons (Fsp3) is 0.357. The SMILES string of the molecule is CC1C=CC=CC(c2cc3n(n2)CCCO3)=C1. The Labute approximate surface area is 101 Å². The molecule has 0 bridgehead atoms. The fourth-order valence-electron chi connectivity index (χ4n) is 2.17. The third-order valence-corrected chi connectivity index (χ3v) is 3.05. The van der Waals surface area contributed by atoms with E-state index in [9.17, 15) is 0 Å². The van der Waals surface area contributed by atoms with Crippen LogP contribution in [0.3, 0.4) is 0 Å². The highest BCUT2D eigenvalue weighted by atomic mass is 16.5. The minimum absolute atomic E-state index is 0.444. The zero-order valence-electron chi connectivity index (χ0n) is 9.97. The van der Waals surface area contributed by atoms with Gasteiger partial charge in [0, 0.05) is 19.0 Å². The monoisotopic (exact) mass is 228 g/mol. The van der Waals surface area contributed by atoms with Crippen LogP contribution in [0.4, 0.5) is 0 Å². The lowest BCUT2D eigenvalue weighted by atomic mass is 10.1. The average molecular weight is 228 g/mol. The first-order valence-corrected chi connectivity index (χ1v) is 6.10. The Morgan fingerprint density at radius 1 is 1.41 bits per heavy atom. The van der Waals surface area contributed by atoms with Gasteiger partial charge < -0.3 is 4.74 Å². The second-order valence-corrected chi connectivity index (χ2v) is 4.52. The summed E-state index contributed by atoms with van der Waals surface area (Å²) < 4.78 is 7.54. The molecule has 1 aromatic heterocycles. The second-order valence-electron chi connectivity index (χ2n) is 4.52. The van der Waals surface area contributed by atoms with E-state index in [0.29, 0.717) is 5.92 Å². The highest BCUT2D eigenvalue weighted by Gasteiger charge is 2.15. The van der Waals surface area contributed by atoms with Gasteiger partial charge in [-0.25, -0.2) is 4.68 Å². The number of aromatic nitrogens is 2. The molecule has 3 nitrogen and oxygen atoms in total. The zero-order valence-corrected chi connectivity index (χ0v) is 9.97. The average Bonchev–Trinajstić information content (AvgIpc) is 2.65. The van der Waals surface area contributed by atoms with Crippen molar-refractivity contribution in [3.8, 4) is 5.88 Å². The standard InChI is InChI=1S/C14H16N2O/c1-11-5-2-3-6-12(9-11)13-10-14-16(15-13)7-4-8-17-14/h2-3,5-6,9-11H,4,7-8H2,1H3. The normalized spacial score (nSPS) is 22.6. The Morgan fingerprint density at radius 3 is 3.24 bits per heavy atom. The summed E-state index contributed by atoms with van der Waals surface area (Å²) in [5, 5.41) is 4.59. The lowest BCUT2D eigenvalue weighted by Gasteiger charge is -2.13. The largest absolute Gasteiger partial charge is 0.478 e. The molecule has 0 fully saturated rings. The molecule has 3 rings (SSSR count). The van der Waals surface area contributed by atoms with Gasteiger partial charge in [0.25, 0.3) is 0 Å². The van der Waals surface area contributed by atoms with E-state index in [1.807, 2.05) is 10.7 Å². The molecule has 2 aliphatic rings. The molecule has 0 saturated heterocycles. The number of hydrogen-bond donors (Lipinski definition) is 0. The molecule has 88 valence electrons. The number of rotatable bonds is 1. The number of aryl methyl sites for hydroxylation is 1. The van der Waals surface area contributed by atoms with Gasteiger partial charge in [0.1, 0.15) is 0 Å². The van der Waals surface area contributed by atoms with Crippen LogP contribution in [0, 0.1) is 5.92 Å². The summed E-state index contributed by atoms with van der Waals surface area (Å²) in [5.74, 6) is 1.34. The Kier molecular flexibility index (Phi) is 2.59. The van der Waals surface area contributed by atoms with Crippen LogP contribution in [0.5, 0.6) is 5.88 Å². The van der Waals surface area contributed by atoms with Crippen molar-refractivity contribution in [3.05, 3.63) is 42.1 Å². The van der Waals surface area contributed by atoms with Crippen molar-refractivity contribution in [3.63, 3.8) is 0 Å². The summed E-state index contributed by atoms with van der Waals surface area (Å²) in [6, 6.07) is 2.04. The Morgan fingerprint density at radius 2 is 2.35 bits per heavy atom. The smallest absolute Gasteiger partial charge is 0.212 e. The van der Waals surface area contributed by atoms with Gasteiger partial charge >= 0.3 is 0 Å². The molecule has 0 aromatic carbocycles. The van der Waals surface area contributed by atoms with E-state index in [0.717, 1.165) is 31.1 Å². The molecular formula is C14H16N2O. The van der Waals surface area contributed by atoms with E-state index in [4.69, 9.17) is 4.74 Å². The maximum absolute atomic E-state index is 5.59. The van der Waals surface area contributed by atoms with Crippen molar-refractivity contribution in [1.29, 1.82) is 0 Å². The molecule has 3 heteroatoms. The van der Waals surface area contributed by atoms with E-state index in [1.165, 1.54) is 5.57 Å². The topological polar surface area (TPSA) is 27.1 Å². The van der Waals surface area contributed by atoms with E-state index >= 15 is 0 Å². The van der Waals surface area contributed by atoms with E-state index in [2.05, 4.69) is 42.4 Å². The third kappa shape index (κ3) is 2.05. The maximum atomic E-state index is 5.59. The quantitative estimate of drug-likeness (QED) is 0.739. The molecule has 0 radical (unpaired) electrons. The fourth-order valence-corrected chi connectivity index (χ4v) is 2.17. The molecule has 1 unspecified atom stereocenters. The van der Waals surface area contributed by atoms with Crippen LogP contribution in [0.2, 0.25) is 0 Å². The molecule has 17 heavy (non-hydrogen) atoms. The molecular weight excluding hydrogens is 212 g/mol. The minimum Gasteiger partial charge on any atom is -0.478 e. The molecule has 2 heterocycles. The number of hydrogen-bond acceptors (Lipinski definition) is 2. The molecule has 1 aliphatic heterocycles. The summed E-state index contributed by atoms with van der Waals surface area (Å²) in [4.78, 5) is 0. The van der Waals surface area contributed by atoms with E-state index in [-0.39, 0.29) is 0 Å². The van der Waals surface area contributed by atoms with Gasteiger partial charge in [0.05, 0.1) is 12.3 Å². The first-order chi connectivity index (χ1) is 8.33. The van der Waals surface area contributed by atoms with Gasteiger partial charge in [-0.3, -0.25) is 0 Å². The highest BCUT2D eigenvalue weighted by molar-refractivity contribution is 5.73. The van der Waals surface area contributed by atoms with Crippen molar-refractivity contribution < 1.29 is 4.74 Å². The van der Waals surface area contributed by atoms with Crippen LogP contribution in [-0.4, -0.2) is 16.4 Å². The first-order valence-electron chi connectivity index (χ1n) is 6.10. The number of ether oxygens (including phenoxy) is 1. The molecule has 0 N–H and O–H groups in total. The number of nitrogens with zero attached hydrogens (tertiary/aromatic N) is 2. The third-order valence-electron chi connectivity index (χ3n) is 3.05. The molecule has 1 aromatic rings. The summed E-state index contributed by atoms with van der Waals surface area (Å²) in [6.45, 7) is 3.94. The van der Waals surface area contributed by atoms with Gasteiger partial charge in [-0.05, 0) is 11.5 Å². The number of fused-ring (bicyclic) bond motifs is 1. The Balaban J connectivity index is 1.96.